The third kappa shape index (κ3) is 4.45. The lowest BCUT2D eigenvalue weighted by molar-refractivity contribution is -0.137. The molecule has 0 heterocycles. The van der Waals surface area contributed by atoms with E-state index in [4.69, 9.17) is 5.11 Å². The van der Waals surface area contributed by atoms with Crippen molar-refractivity contribution in [2.24, 2.45) is 0 Å². The predicted octanol–water partition coefficient (Wildman–Crippen LogP) is 4.06. The number of carbonyl (C=O) groups excluding carboxylic acids is 1. The molecule has 2 N–H and O–H groups in total. The summed E-state index contributed by atoms with van der Waals surface area (Å²) in [6.45, 7) is 0. The van der Waals surface area contributed by atoms with E-state index in [2.05, 4.69) is 5.32 Å². The molecule has 1 amide bonds. The van der Waals surface area contributed by atoms with Crippen LogP contribution in [0.2, 0.25) is 0 Å². The molecule has 7 heteroatoms. The highest BCUT2D eigenvalue weighted by molar-refractivity contribution is 6.05. The number of hydrogen-bond donors (Lipinski definition) is 2. The molecule has 2 aromatic rings. The van der Waals surface area contributed by atoms with Gasteiger partial charge in [-0.25, -0.2) is 4.79 Å². The fourth-order valence-corrected chi connectivity index (χ4v) is 1.95. The van der Waals surface area contributed by atoms with Crippen LogP contribution in [0.5, 0.6) is 0 Å². The van der Waals surface area contributed by atoms with Gasteiger partial charge in [0, 0.05) is 17.3 Å². The average Bonchev–Trinajstić information content (AvgIpc) is 2.53. The summed E-state index contributed by atoms with van der Waals surface area (Å²) in [5, 5.41) is 11.1. The summed E-state index contributed by atoms with van der Waals surface area (Å²) in [4.78, 5) is 22.7. The van der Waals surface area contributed by atoms with Crippen LogP contribution in [0.15, 0.2) is 54.6 Å². The van der Waals surface area contributed by atoms with Gasteiger partial charge in [0.15, 0.2) is 0 Å². The fraction of sp³-hybridized carbons (Fsp3) is 0.0588. The molecule has 0 atom stereocenters. The van der Waals surface area contributed by atoms with E-state index in [0.29, 0.717) is 5.56 Å². The maximum Gasteiger partial charge on any atom is 0.416 e. The van der Waals surface area contributed by atoms with Crippen molar-refractivity contribution in [3.63, 3.8) is 0 Å². The van der Waals surface area contributed by atoms with Crippen LogP contribution in [-0.4, -0.2) is 17.0 Å². The van der Waals surface area contributed by atoms with E-state index >= 15 is 0 Å². The summed E-state index contributed by atoms with van der Waals surface area (Å²) in [6.07, 6.45) is -2.36. The Bertz CT molecular complexity index is 798. The minimum Gasteiger partial charge on any atom is -0.478 e. The molecule has 0 aliphatic heterocycles. The molecule has 0 radical (unpaired) electrons. The minimum atomic E-state index is -4.54. The topological polar surface area (TPSA) is 66.4 Å². The van der Waals surface area contributed by atoms with Gasteiger partial charge in [0.1, 0.15) is 0 Å². The average molecular weight is 335 g/mol. The molecule has 2 aromatic carbocycles. The van der Waals surface area contributed by atoms with E-state index in [-0.39, 0.29) is 11.3 Å². The van der Waals surface area contributed by atoms with E-state index in [1.165, 1.54) is 18.2 Å². The van der Waals surface area contributed by atoms with Crippen molar-refractivity contribution in [2.75, 3.05) is 5.32 Å². The molecule has 24 heavy (non-hydrogen) atoms. The zero-order valence-electron chi connectivity index (χ0n) is 12.2. The highest BCUT2D eigenvalue weighted by Crippen LogP contribution is 2.29. The van der Waals surface area contributed by atoms with Crippen LogP contribution in [0, 0.1) is 0 Å². The van der Waals surface area contributed by atoms with Crippen LogP contribution < -0.4 is 5.32 Å². The number of para-hydroxylation sites is 1. The van der Waals surface area contributed by atoms with Crippen LogP contribution in [0.1, 0.15) is 21.5 Å². The number of nitrogens with one attached hydrogen (secondary N) is 1. The van der Waals surface area contributed by atoms with Crippen LogP contribution in [0.25, 0.3) is 6.08 Å². The van der Waals surface area contributed by atoms with Crippen molar-refractivity contribution in [3.05, 3.63) is 71.3 Å². The Morgan fingerprint density at radius 2 is 1.75 bits per heavy atom. The number of halogens is 3. The normalized spacial score (nSPS) is 11.5. The molecule has 0 saturated carbocycles. The Morgan fingerprint density at radius 1 is 1.04 bits per heavy atom. The number of carboxylic acid groups (broad SMARTS) is 1. The Morgan fingerprint density at radius 3 is 2.42 bits per heavy atom. The van der Waals surface area contributed by atoms with Crippen molar-refractivity contribution in [3.8, 4) is 0 Å². The van der Waals surface area contributed by atoms with Crippen molar-refractivity contribution < 1.29 is 27.9 Å². The van der Waals surface area contributed by atoms with Gasteiger partial charge in [-0.15, -0.1) is 0 Å². The summed E-state index contributed by atoms with van der Waals surface area (Å²) >= 11 is 0. The number of benzene rings is 2. The zero-order valence-corrected chi connectivity index (χ0v) is 12.2. The van der Waals surface area contributed by atoms with Crippen molar-refractivity contribution in [1.29, 1.82) is 0 Å². The van der Waals surface area contributed by atoms with Gasteiger partial charge in [0.05, 0.1) is 5.56 Å². The lowest BCUT2D eigenvalue weighted by Gasteiger charge is -2.11. The first kappa shape index (κ1) is 17.3. The number of alkyl halides is 3. The standard InChI is InChI=1S/C17H12F3NO3/c18-17(19,20)13-6-3-5-12(10-13)16(24)21-14-7-2-1-4-11(14)8-9-15(22)23/h1-10H,(H,21,24)(H,22,23). The summed E-state index contributed by atoms with van der Waals surface area (Å²) in [6, 6.07) is 10.4. The first-order valence-corrected chi connectivity index (χ1v) is 6.76. The Balaban J connectivity index is 2.26. The van der Waals surface area contributed by atoms with Crippen molar-refractivity contribution in [1.82, 2.24) is 0 Å². The van der Waals surface area contributed by atoms with Crippen LogP contribution in [0.3, 0.4) is 0 Å². The second-order valence-corrected chi connectivity index (χ2v) is 4.79. The summed E-state index contributed by atoms with van der Waals surface area (Å²) in [5.74, 6) is -1.88. The van der Waals surface area contributed by atoms with Gasteiger partial charge in [0.25, 0.3) is 5.91 Å². The molecule has 124 valence electrons. The Labute approximate surface area is 135 Å². The van der Waals surface area contributed by atoms with Crippen molar-refractivity contribution >= 4 is 23.6 Å². The number of anilines is 1. The molecule has 0 fully saturated rings. The second kappa shape index (κ2) is 6.99. The van der Waals surface area contributed by atoms with Gasteiger partial charge in [-0.2, -0.15) is 13.2 Å². The SMILES string of the molecule is O=C(O)C=Cc1ccccc1NC(=O)c1cccc(C(F)(F)F)c1. The van der Waals surface area contributed by atoms with Crippen LogP contribution in [0.4, 0.5) is 18.9 Å². The fourth-order valence-electron chi connectivity index (χ4n) is 1.95. The van der Waals surface area contributed by atoms with E-state index in [1.54, 1.807) is 18.2 Å². The van der Waals surface area contributed by atoms with Gasteiger partial charge < -0.3 is 10.4 Å². The van der Waals surface area contributed by atoms with Gasteiger partial charge in [-0.3, -0.25) is 4.79 Å². The highest BCUT2D eigenvalue weighted by atomic mass is 19.4. The smallest absolute Gasteiger partial charge is 0.416 e. The molecule has 0 unspecified atom stereocenters. The molecule has 0 spiro atoms. The van der Waals surface area contributed by atoms with E-state index in [1.807, 2.05) is 0 Å². The molecule has 0 aliphatic rings. The van der Waals surface area contributed by atoms with E-state index in [9.17, 15) is 22.8 Å². The van der Waals surface area contributed by atoms with E-state index < -0.39 is 23.6 Å². The first-order valence-electron chi connectivity index (χ1n) is 6.76. The lowest BCUT2D eigenvalue weighted by atomic mass is 10.1. The number of carboxylic acids is 1. The minimum absolute atomic E-state index is 0.151. The molecular formula is C17H12F3NO3. The predicted molar refractivity (Wildman–Crippen MR) is 82.5 cm³/mol. The largest absolute Gasteiger partial charge is 0.478 e. The quantitative estimate of drug-likeness (QED) is 0.828. The summed E-state index contributed by atoms with van der Waals surface area (Å²) in [7, 11) is 0. The monoisotopic (exact) mass is 335 g/mol. The number of hydrogen-bond acceptors (Lipinski definition) is 2. The summed E-state index contributed by atoms with van der Waals surface area (Å²) < 4.78 is 38.1. The maximum atomic E-state index is 12.7. The second-order valence-electron chi connectivity index (χ2n) is 4.79. The van der Waals surface area contributed by atoms with Gasteiger partial charge >= 0.3 is 12.1 Å². The maximum absolute atomic E-state index is 12.7. The molecule has 0 bridgehead atoms. The number of aliphatic carboxylic acids is 1. The summed E-state index contributed by atoms with van der Waals surface area (Å²) in [5.41, 5.74) is -0.367. The molecule has 0 aliphatic carbocycles. The number of rotatable bonds is 4. The molecule has 4 nitrogen and oxygen atoms in total. The van der Waals surface area contributed by atoms with Gasteiger partial charge in [0.2, 0.25) is 0 Å². The number of carbonyl (C=O) groups is 2. The highest BCUT2D eigenvalue weighted by Gasteiger charge is 2.30. The molecular weight excluding hydrogens is 323 g/mol. The third-order valence-corrected chi connectivity index (χ3v) is 3.07. The van der Waals surface area contributed by atoms with Crippen molar-refractivity contribution in [2.45, 2.75) is 6.18 Å². The number of amides is 1. The Hall–Kier alpha value is -3.09. The first-order chi connectivity index (χ1) is 11.3. The Kier molecular flexibility index (Phi) is 5.03. The van der Waals surface area contributed by atoms with Gasteiger partial charge in [-0.1, -0.05) is 24.3 Å². The molecule has 0 aromatic heterocycles. The third-order valence-electron chi connectivity index (χ3n) is 3.07. The van der Waals surface area contributed by atoms with Gasteiger partial charge in [-0.05, 0) is 35.9 Å². The van der Waals surface area contributed by atoms with Crippen LogP contribution >= 0.6 is 0 Å². The lowest BCUT2D eigenvalue weighted by Crippen LogP contribution is -2.14. The van der Waals surface area contributed by atoms with E-state index in [0.717, 1.165) is 24.3 Å². The zero-order chi connectivity index (χ0) is 17.7. The molecule has 2 rings (SSSR count). The van der Waals surface area contributed by atoms with Crippen LogP contribution in [-0.2, 0) is 11.0 Å². The molecule has 0 saturated heterocycles.